The molecule has 0 saturated heterocycles. The van der Waals surface area contributed by atoms with Crippen molar-refractivity contribution in [2.24, 2.45) is 5.10 Å². The minimum Gasteiger partial charge on any atom is -0.477 e. The first-order chi connectivity index (χ1) is 9.99. The van der Waals surface area contributed by atoms with Crippen molar-refractivity contribution in [2.75, 3.05) is 11.2 Å². The van der Waals surface area contributed by atoms with E-state index in [0.29, 0.717) is 10.9 Å². The number of nitrogens with one attached hydrogen (secondary N) is 1. The quantitative estimate of drug-likeness (QED) is 0.433. The lowest BCUT2D eigenvalue weighted by atomic mass is 10.1. The highest BCUT2D eigenvalue weighted by molar-refractivity contribution is 7.14. The van der Waals surface area contributed by atoms with Gasteiger partial charge in [-0.05, 0) is 12.1 Å². The first kappa shape index (κ1) is 14.4. The molecule has 0 aliphatic carbocycles. The van der Waals surface area contributed by atoms with Gasteiger partial charge < -0.3 is 10.8 Å². The minimum atomic E-state index is -1.38. The van der Waals surface area contributed by atoms with Gasteiger partial charge in [0.05, 0.1) is 16.7 Å². The van der Waals surface area contributed by atoms with Gasteiger partial charge in [-0.1, -0.05) is 6.07 Å². The monoisotopic (exact) mass is 307 g/mol. The number of hydrazone groups is 1. The third kappa shape index (κ3) is 3.30. The van der Waals surface area contributed by atoms with Gasteiger partial charge in [0.2, 0.25) is 5.13 Å². The van der Waals surface area contributed by atoms with Gasteiger partial charge in [0.1, 0.15) is 11.4 Å². The number of nitrogens with zero attached hydrogens (tertiary/aromatic N) is 3. The molecule has 108 valence electrons. The molecule has 9 nitrogen and oxygen atoms in total. The Balaban J connectivity index is 2.29. The van der Waals surface area contributed by atoms with Crippen LogP contribution in [0.4, 0.5) is 16.6 Å². The number of para-hydroxylation sites is 1. The van der Waals surface area contributed by atoms with Crippen LogP contribution in [0.2, 0.25) is 0 Å². The maximum absolute atomic E-state index is 11.0. The molecule has 0 aliphatic rings. The fourth-order valence-corrected chi connectivity index (χ4v) is 2.09. The van der Waals surface area contributed by atoms with E-state index in [1.165, 1.54) is 23.5 Å². The number of carboxylic acids is 1. The van der Waals surface area contributed by atoms with Crippen LogP contribution in [0, 0.1) is 10.1 Å². The molecule has 1 aromatic heterocycles. The number of hydrogen-bond acceptors (Lipinski definition) is 8. The lowest BCUT2D eigenvalue weighted by Gasteiger charge is -2.01. The molecule has 2 rings (SSSR count). The fraction of sp³-hybridized carbons (Fsp3) is 0. The summed E-state index contributed by atoms with van der Waals surface area (Å²) in [4.78, 5) is 25.1. The second-order valence-corrected chi connectivity index (χ2v) is 4.61. The Hall–Kier alpha value is -3.01. The summed E-state index contributed by atoms with van der Waals surface area (Å²) in [5, 5.41) is 25.8. The lowest BCUT2D eigenvalue weighted by molar-refractivity contribution is -0.385. The summed E-state index contributed by atoms with van der Waals surface area (Å²) >= 11 is 1.21. The molecule has 21 heavy (non-hydrogen) atoms. The third-order valence-corrected chi connectivity index (χ3v) is 3.13. The average molecular weight is 307 g/mol. The van der Waals surface area contributed by atoms with Crippen molar-refractivity contribution < 1.29 is 14.8 Å². The molecule has 0 bridgehead atoms. The number of hydrogen-bond donors (Lipinski definition) is 3. The van der Waals surface area contributed by atoms with Crippen molar-refractivity contribution in [1.29, 1.82) is 0 Å². The predicted molar refractivity (Wildman–Crippen MR) is 77.8 cm³/mol. The maximum Gasteiger partial charge on any atom is 0.342 e. The molecule has 0 unspecified atom stereocenters. The number of carboxylic acid groups (broad SMARTS) is 1. The molecular formula is C11H9N5O4S. The number of thiazole rings is 1. The maximum atomic E-state index is 11.0. The zero-order valence-corrected chi connectivity index (χ0v) is 11.2. The van der Waals surface area contributed by atoms with E-state index in [1.54, 1.807) is 5.38 Å². The van der Waals surface area contributed by atoms with Gasteiger partial charge in [-0.15, -0.1) is 11.3 Å². The molecule has 0 amide bonds. The Labute approximate surface area is 121 Å². The molecular weight excluding hydrogens is 298 g/mol. The van der Waals surface area contributed by atoms with E-state index >= 15 is 0 Å². The van der Waals surface area contributed by atoms with Crippen molar-refractivity contribution in [3.63, 3.8) is 0 Å². The van der Waals surface area contributed by atoms with E-state index in [2.05, 4.69) is 15.5 Å². The highest BCUT2D eigenvalue weighted by atomic mass is 32.1. The van der Waals surface area contributed by atoms with E-state index in [1.807, 2.05) is 0 Å². The Bertz CT molecular complexity index is 727. The normalized spacial score (nSPS) is 10.7. The number of nitrogen functional groups attached to an aromatic ring is 1. The van der Waals surface area contributed by atoms with E-state index in [-0.39, 0.29) is 5.56 Å². The van der Waals surface area contributed by atoms with Crippen LogP contribution < -0.4 is 11.2 Å². The molecule has 2 aromatic rings. The van der Waals surface area contributed by atoms with Crippen molar-refractivity contribution >= 4 is 40.2 Å². The van der Waals surface area contributed by atoms with Gasteiger partial charge in [0.15, 0.2) is 0 Å². The van der Waals surface area contributed by atoms with Crippen molar-refractivity contribution in [3.8, 4) is 0 Å². The van der Waals surface area contributed by atoms with Gasteiger partial charge in [0.25, 0.3) is 5.69 Å². The fourth-order valence-electron chi connectivity index (χ4n) is 1.54. The Kier molecular flexibility index (Phi) is 4.09. The first-order valence-corrected chi connectivity index (χ1v) is 6.38. The zero-order chi connectivity index (χ0) is 15.4. The number of aromatic carboxylic acids is 1. The highest BCUT2D eigenvalue weighted by Gasteiger charge is 2.23. The van der Waals surface area contributed by atoms with E-state index < -0.39 is 22.1 Å². The number of nitro groups is 1. The van der Waals surface area contributed by atoms with Crippen LogP contribution in [-0.2, 0) is 0 Å². The molecule has 0 aliphatic heterocycles. The first-order valence-electron chi connectivity index (χ1n) is 5.50. The summed E-state index contributed by atoms with van der Waals surface area (Å²) in [7, 11) is 0. The smallest absolute Gasteiger partial charge is 0.342 e. The third-order valence-electron chi connectivity index (χ3n) is 2.37. The number of rotatable bonds is 5. The Morgan fingerprint density at radius 2 is 2.33 bits per heavy atom. The molecule has 1 aromatic carbocycles. The van der Waals surface area contributed by atoms with Crippen LogP contribution in [0.5, 0.6) is 0 Å². The second-order valence-electron chi connectivity index (χ2n) is 3.75. The SMILES string of the molecule is Nc1csc(NN=Cc2cccc(C(=O)O)c2[N+](=O)[O-])n1. The van der Waals surface area contributed by atoms with E-state index in [9.17, 15) is 14.9 Å². The molecule has 0 saturated carbocycles. The minimum absolute atomic E-state index is 0.0666. The van der Waals surface area contributed by atoms with Gasteiger partial charge in [-0.2, -0.15) is 5.10 Å². The van der Waals surface area contributed by atoms with Crippen molar-refractivity contribution in [2.45, 2.75) is 0 Å². The second kappa shape index (κ2) is 5.96. The van der Waals surface area contributed by atoms with Gasteiger partial charge in [-0.25, -0.2) is 9.78 Å². The molecule has 0 atom stereocenters. The molecule has 0 spiro atoms. The zero-order valence-electron chi connectivity index (χ0n) is 10.4. The highest BCUT2D eigenvalue weighted by Crippen LogP contribution is 2.23. The number of carbonyl (C=O) groups is 1. The summed E-state index contributed by atoms with van der Waals surface area (Å²) in [5.41, 5.74) is 7.13. The van der Waals surface area contributed by atoms with Gasteiger partial charge in [-0.3, -0.25) is 15.5 Å². The molecule has 1 heterocycles. The van der Waals surface area contributed by atoms with Crippen molar-refractivity contribution in [1.82, 2.24) is 4.98 Å². The van der Waals surface area contributed by atoms with Crippen LogP contribution in [0.25, 0.3) is 0 Å². The van der Waals surface area contributed by atoms with Gasteiger partial charge in [0, 0.05) is 5.38 Å². The van der Waals surface area contributed by atoms with Gasteiger partial charge >= 0.3 is 5.97 Å². The van der Waals surface area contributed by atoms with Crippen LogP contribution in [0.15, 0.2) is 28.7 Å². The Morgan fingerprint density at radius 3 is 2.90 bits per heavy atom. The Morgan fingerprint density at radius 1 is 1.57 bits per heavy atom. The summed E-state index contributed by atoms with van der Waals surface area (Å²) in [6.07, 6.45) is 1.15. The number of nitro benzene ring substituents is 1. The topological polar surface area (TPSA) is 144 Å². The van der Waals surface area contributed by atoms with Crippen LogP contribution in [0.3, 0.4) is 0 Å². The lowest BCUT2D eigenvalue weighted by Crippen LogP contribution is -2.05. The number of anilines is 2. The largest absolute Gasteiger partial charge is 0.477 e. The summed E-state index contributed by atoms with van der Waals surface area (Å²) in [5.74, 6) is -1.05. The summed E-state index contributed by atoms with van der Waals surface area (Å²) in [6.45, 7) is 0. The molecule has 0 radical (unpaired) electrons. The summed E-state index contributed by atoms with van der Waals surface area (Å²) in [6, 6.07) is 3.96. The standard InChI is InChI=1S/C11H9N5O4S/c12-8-5-21-11(14-8)15-13-4-6-2-1-3-7(10(17)18)9(6)16(19)20/h1-5H,12H2,(H,14,15)(H,17,18). The van der Waals surface area contributed by atoms with Crippen LogP contribution >= 0.6 is 11.3 Å². The average Bonchev–Trinajstić information content (AvgIpc) is 2.83. The van der Waals surface area contributed by atoms with E-state index in [0.717, 1.165) is 12.3 Å². The van der Waals surface area contributed by atoms with Crippen LogP contribution in [-0.4, -0.2) is 27.2 Å². The molecule has 4 N–H and O–H groups in total. The molecule has 0 fully saturated rings. The summed E-state index contributed by atoms with van der Waals surface area (Å²) < 4.78 is 0. The predicted octanol–water partition coefficient (Wildman–Crippen LogP) is 1.78. The number of aromatic nitrogens is 1. The molecule has 10 heteroatoms. The number of nitrogens with two attached hydrogens (primary N) is 1. The number of benzene rings is 1. The van der Waals surface area contributed by atoms with Crippen LogP contribution in [0.1, 0.15) is 15.9 Å². The van der Waals surface area contributed by atoms with Crippen molar-refractivity contribution in [3.05, 3.63) is 44.8 Å². The van der Waals surface area contributed by atoms with E-state index in [4.69, 9.17) is 10.8 Å².